The molecule has 0 amide bonds. The molecule has 4 nitrogen and oxygen atoms in total. The van der Waals surface area contributed by atoms with Gasteiger partial charge in [-0.1, -0.05) is 18.1 Å². The number of benzene rings is 1. The summed E-state index contributed by atoms with van der Waals surface area (Å²) >= 11 is 0. The number of methoxy groups -OCH3 is 1. The van der Waals surface area contributed by atoms with Crippen LogP contribution in [0.1, 0.15) is 22.0 Å². The Hall–Kier alpha value is -2.54. The Labute approximate surface area is 105 Å². The lowest BCUT2D eigenvalue weighted by atomic mass is 10.1. The van der Waals surface area contributed by atoms with Crippen molar-refractivity contribution in [2.75, 3.05) is 7.11 Å². The van der Waals surface area contributed by atoms with E-state index in [-0.39, 0.29) is 5.76 Å². The van der Waals surface area contributed by atoms with E-state index in [1.807, 2.05) is 0 Å². The maximum absolute atomic E-state index is 11.6. The van der Waals surface area contributed by atoms with E-state index in [0.29, 0.717) is 11.6 Å². The van der Waals surface area contributed by atoms with Crippen molar-refractivity contribution in [2.45, 2.75) is 6.92 Å². The van der Waals surface area contributed by atoms with Crippen molar-refractivity contribution >= 4 is 5.97 Å². The Balaban J connectivity index is 2.49. The van der Waals surface area contributed by atoms with Crippen LogP contribution >= 0.6 is 0 Å². The number of ether oxygens (including phenoxy) is 1. The molecule has 0 saturated carbocycles. The van der Waals surface area contributed by atoms with Gasteiger partial charge in [0, 0.05) is 18.1 Å². The third-order valence-corrected chi connectivity index (χ3v) is 2.43. The van der Waals surface area contributed by atoms with Gasteiger partial charge < -0.3 is 9.15 Å². The summed E-state index contributed by atoms with van der Waals surface area (Å²) in [6.07, 6.45) is 5.28. The Bertz CT molecular complexity index is 617. The van der Waals surface area contributed by atoms with Crippen molar-refractivity contribution in [3.63, 3.8) is 0 Å². The first-order valence-corrected chi connectivity index (χ1v) is 5.28. The molecule has 0 aliphatic heterocycles. The summed E-state index contributed by atoms with van der Waals surface area (Å²) in [7, 11) is 1.30. The fraction of sp³-hybridized carbons (Fsp3) is 0.143. The van der Waals surface area contributed by atoms with E-state index >= 15 is 0 Å². The van der Waals surface area contributed by atoms with E-state index in [0.717, 1.165) is 11.1 Å². The second kappa shape index (κ2) is 4.76. The third kappa shape index (κ3) is 2.11. The Morgan fingerprint density at radius 2 is 2.06 bits per heavy atom. The minimum Gasteiger partial charge on any atom is -0.463 e. The number of esters is 1. The molecule has 0 radical (unpaired) electrons. The highest BCUT2D eigenvalue weighted by Crippen LogP contribution is 2.24. The number of nitrogens with zero attached hydrogens (tertiary/aromatic N) is 1. The highest BCUT2D eigenvalue weighted by molar-refractivity contribution is 5.93. The predicted molar refractivity (Wildman–Crippen MR) is 66.0 cm³/mol. The topological polar surface area (TPSA) is 52.3 Å². The van der Waals surface area contributed by atoms with Gasteiger partial charge in [-0.3, -0.25) is 0 Å². The van der Waals surface area contributed by atoms with Crippen LogP contribution in [0.3, 0.4) is 0 Å². The van der Waals surface area contributed by atoms with E-state index in [1.54, 1.807) is 31.2 Å². The summed E-state index contributed by atoms with van der Waals surface area (Å²) in [5.74, 6) is 2.48. The highest BCUT2D eigenvalue weighted by atomic mass is 16.5. The zero-order chi connectivity index (χ0) is 13.1. The number of carbonyl (C=O) groups excluding carboxylic acids is 1. The minimum absolute atomic E-state index is 0.100. The molecule has 90 valence electrons. The van der Waals surface area contributed by atoms with Crippen molar-refractivity contribution in [1.29, 1.82) is 0 Å². The van der Waals surface area contributed by atoms with Crippen molar-refractivity contribution in [1.82, 2.24) is 4.98 Å². The second-order valence-electron chi connectivity index (χ2n) is 3.62. The van der Waals surface area contributed by atoms with Gasteiger partial charge in [-0.15, -0.1) is 6.42 Å². The van der Waals surface area contributed by atoms with Gasteiger partial charge in [-0.05, 0) is 12.1 Å². The highest BCUT2D eigenvalue weighted by Gasteiger charge is 2.20. The van der Waals surface area contributed by atoms with Gasteiger partial charge in [-0.25, -0.2) is 9.78 Å². The molecular formula is C14H11NO3. The maximum atomic E-state index is 11.6. The van der Waals surface area contributed by atoms with Crippen LogP contribution in [-0.4, -0.2) is 18.1 Å². The lowest BCUT2D eigenvalue weighted by Gasteiger charge is -1.99. The van der Waals surface area contributed by atoms with E-state index in [4.69, 9.17) is 10.8 Å². The summed E-state index contributed by atoms with van der Waals surface area (Å²) in [6, 6.07) is 7.14. The number of aromatic nitrogens is 1. The number of rotatable bonds is 2. The van der Waals surface area contributed by atoms with Gasteiger partial charge in [0.1, 0.15) is 5.69 Å². The van der Waals surface area contributed by atoms with Gasteiger partial charge in [0.25, 0.3) is 0 Å². The van der Waals surface area contributed by atoms with Crippen LogP contribution in [-0.2, 0) is 4.74 Å². The maximum Gasteiger partial charge on any atom is 0.376 e. The van der Waals surface area contributed by atoms with Gasteiger partial charge in [-0.2, -0.15) is 0 Å². The number of hydrogen-bond donors (Lipinski definition) is 0. The van der Waals surface area contributed by atoms with Crippen LogP contribution in [0.2, 0.25) is 0 Å². The second-order valence-corrected chi connectivity index (χ2v) is 3.62. The molecule has 0 aliphatic carbocycles. The zero-order valence-corrected chi connectivity index (χ0v) is 10.1. The molecule has 2 aromatic rings. The average Bonchev–Trinajstić information content (AvgIpc) is 2.80. The van der Waals surface area contributed by atoms with Crippen LogP contribution in [0.5, 0.6) is 0 Å². The molecule has 1 aromatic heterocycles. The van der Waals surface area contributed by atoms with Crippen LogP contribution in [0.25, 0.3) is 11.3 Å². The molecule has 1 heterocycles. The molecule has 18 heavy (non-hydrogen) atoms. The quantitative estimate of drug-likeness (QED) is 0.598. The molecule has 0 atom stereocenters. The lowest BCUT2D eigenvalue weighted by Crippen LogP contribution is -2.01. The zero-order valence-electron chi connectivity index (χ0n) is 10.1. The van der Waals surface area contributed by atoms with Gasteiger partial charge in [0.05, 0.1) is 7.11 Å². The first-order valence-electron chi connectivity index (χ1n) is 5.28. The Kier molecular flexibility index (Phi) is 3.16. The molecule has 0 N–H and O–H groups in total. The van der Waals surface area contributed by atoms with Crippen molar-refractivity contribution in [3.8, 4) is 23.6 Å². The van der Waals surface area contributed by atoms with Crippen molar-refractivity contribution in [3.05, 3.63) is 41.5 Å². The Morgan fingerprint density at radius 1 is 1.39 bits per heavy atom. The SMILES string of the molecule is C#Cc1ccc(-c2nc(C)oc2C(=O)OC)cc1. The third-order valence-electron chi connectivity index (χ3n) is 2.43. The van der Waals surface area contributed by atoms with Crippen LogP contribution in [0, 0.1) is 19.3 Å². The fourth-order valence-electron chi connectivity index (χ4n) is 1.58. The largest absolute Gasteiger partial charge is 0.463 e. The Morgan fingerprint density at radius 3 is 2.61 bits per heavy atom. The summed E-state index contributed by atoms with van der Waals surface area (Å²) in [5.41, 5.74) is 1.98. The number of aryl methyl sites for hydroxylation is 1. The summed E-state index contributed by atoms with van der Waals surface area (Å²) < 4.78 is 9.90. The van der Waals surface area contributed by atoms with Crippen LogP contribution in [0.15, 0.2) is 28.7 Å². The molecular weight excluding hydrogens is 230 g/mol. The van der Waals surface area contributed by atoms with Gasteiger partial charge in [0.2, 0.25) is 5.76 Å². The molecule has 0 spiro atoms. The van der Waals surface area contributed by atoms with E-state index in [1.165, 1.54) is 7.11 Å². The van der Waals surface area contributed by atoms with Gasteiger partial charge >= 0.3 is 5.97 Å². The number of carbonyl (C=O) groups is 1. The fourth-order valence-corrected chi connectivity index (χ4v) is 1.58. The molecule has 0 bridgehead atoms. The molecule has 2 rings (SSSR count). The van der Waals surface area contributed by atoms with E-state index in [2.05, 4.69) is 15.6 Å². The summed E-state index contributed by atoms with van der Waals surface area (Å²) in [5, 5.41) is 0. The number of terminal acetylenes is 1. The first kappa shape index (κ1) is 11.9. The molecule has 0 unspecified atom stereocenters. The molecule has 4 heteroatoms. The van der Waals surface area contributed by atoms with Crippen molar-refractivity contribution < 1.29 is 13.9 Å². The molecule has 0 saturated heterocycles. The lowest BCUT2D eigenvalue weighted by molar-refractivity contribution is 0.0565. The predicted octanol–water partition coefficient (Wildman–Crippen LogP) is 2.42. The minimum atomic E-state index is -0.549. The number of oxazole rings is 1. The summed E-state index contributed by atoms with van der Waals surface area (Å²) in [6.45, 7) is 1.67. The molecule has 1 aromatic carbocycles. The first-order chi connectivity index (χ1) is 8.65. The van der Waals surface area contributed by atoms with Crippen LogP contribution < -0.4 is 0 Å². The average molecular weight is 241 g/mol. The van der Waals surface area contributed by atoms with E-state index in [9.17, 15) is 4.79 Å². The van der Waals surface area contributed by atoms with E-state index < -0.39 is 5.97 Å². The summed E-state index contributed by atoms with van der Waals surface area (Å²) in [4.78, 5) is 15.7. The van der Waals surface area contributed by atoms with Gasteiger partial charge in [0.15, 0.2) is 5.89 Å². The molecule has 0 fully saturated rings. The smallest absolute Gasteiger partial charge is 0.376 e. The standard InChI is InChI=1S/C14H11NO3/c1-4-10-5-7-11(8-6-10)12-13(14(16)17-3)18-9(2)15-12/h1,5-8H,2-3H3. The monoisotopic (exact) mass is 241 g/mol. The van der Waals surface area contributed by atoms with Crippen LogP contribution in [0.4, 0.5) is 0 Å². The molecule has 0 aliphatic rings. The normalized spacial score (nSPS) is 9.83. The number of hydrogen-bond acceptors (Lipinski definition) is 4. The van der Waals surface area contributed by atoms with Crippen molar-refractivity contribution in [2.24, 2.45) is 0 Å².